The lowest BCUT2D eigenvalue weighted by atomic mass is 9.97. The number of rotatable bonds is 8. The number of nitrogens with one attached hydrogen (secondary N) is 1. The highest BCUT2D eigenvalue weighted by Gasteiger charge is 2.10. The topological polar surface area (TPSA) is 47.6 Å². The van der Waals surface area contributed by atoms with E-state index in [0.717, 1.165) is 28.2 Å². The Morgan fingerprint density at radius 1 is 0.833 bits per heavy atom. The molecule has 0 spiro atoms. The zero-order chi connectivity index (χ0) is 21.3. The molecular weight excluding hydrogens is 398 g/mol. The van der Waals surface area contributed by atoms with Crippen LogP contribution in [-0.4, -0.2) is 19.1 Å². The minimum absolute atomic E-state index is 0.263. The number of hydrogen-bond donors (Lipinski definition) is 1. The molecule has 0 aromatic heterocycles. The molecule has 3 rings (SSSR count). The molecular formula is C25H24ClNO3. The van der Waals surface area contributed by atoms with Gasteiger partial charge >= 0.3 is 0 Å². The van der Waals surface area contributed by atoms with E-state index in [1.165, 1.54) is 0 Å². The van der Waals surface area contributed by atoms with Gasteiger partial charge in [0.1, 0.15) is 11.5 Å². The summed E-state index contributed by atoms with van der Waals surface area (Å²) in [4.78, 5) is 12.8. The number of anilines is 1. The molecule has 30 heavy (non-hydrogen) atoms. The van der Waals surface area contributed by atoms with Crippen molar-refractivity contribution in [3.05, 3.63) is 95.0 Å². The lowest BCUT2D eigenvalue weighted by Gasteiger charge is -2.12. The van der Waals surface area contributed by atoms with E-state index in [1.807, 2.05) is 74.5 Å². The van der Waals surface area contributed by atoms with Gasteiger partial charge in [-0.1, -0.05) is 48.0 Å². The van der Waals surface area contributed by atoms with Crippen molar-refractivity contribution in [1.29, 1.82) is 0 Å². The van der Waals surface area contributed by atoms with E-state index in [0.29, 0.717) is 23.9 Å². The van der Waals surface area contributed by atoms with Crippen LogP contribution in [0.4, 0.5) is 5.69 Å². The van der Waals surface area contributed by atoms with E-state index in [4.69, 9.17) is 21.1 Å². The normalized spacial score (nSPS) is 10.2. The average Bonchev–Trinajstić information content (AvgIpc) is 2.76. The maximum absolute atomic E-state index is 12.8. The fraction of sp³-hybridized carbons (Fsp3) is 0.160. The molecule has 0 atom stereocenters. The van der Waals surface area contributed by atoms with Crippen molar-refractivity contribution >= 4 is 28.8 Å². The van der Waals surface area contributed by atoms with Crippen LogP contribution < -0.4 is 14.8 Å². The van der Waals surface area contributed by atoms with Crippen LogP contribution in [0.3, 0.4) is 0 Å². The monoisotopic (exact) mass is 421 g/mol. The Kier molecular flexibility index (Phi) is 7.52. The van der Waals surface area contributed by atoms with Crippen molar-refractivity contribution in [2.24, 2.45) is 0 Å². The number of carbonyl (C=O) groups excluding carboxylic acids is 1. The lowest BCUT2D eigenvalue weighted by molar-refractivity contribution is -0.111. The first-order valence-corrected chi connectivity index (χ1v) is 10.2. The number of benzene rings is 3. The third-order valence-corrected chi connectivity index (χ3v) is 4.69. The molecule has 0 fully saturated rings. The molecule has 0 radical (unpaired) electrons. The molecule has 0 unspecified atom stereocenters. The molecule has 1 N–H and O–H groups in total. The van der Waals surface area contributed by atoms with Gasteiger partial charge in [-0.25, -0.2) is 0 Å². The van der Waals surface area contributed by atoms with Crippen LogP contribution in [0, 0.1) is 0 Å². The van der Waals surface area contributed by atoms with Gasteiger partial charge < -0.3 is 14.8 Å². The van der Waals surface area contributed by atoms with Crippen LogP contribution in [-0.2, 0) is 4.79 Å². The first-order valence-electron chi connectivity index (χ1n) is 9.84. The molecule has 0 aliphatic carbocycles. The summed E-state index contributed by atoms with van der Waals surface area (Å²) < 4.78 is 11.1. The Morgan fingerprint density at radius 3 is 1.80 bits per heavy atom. The van der Waals surface area contributed by atoms with E-state index in [-0.39, 0.29) is 5.91 Å². The molecule has 3 aromatic rings. The maximum Gasteiger partial charge on any atom is 0.249 e. The van der Waals surface area contributed by atoms with Gasteiger partial charge in [-0.3, -0.25) is 4.79 Å². The summed E-state index contributed by atoms with van der Waals surface area (Å²) >= 11 is 6.17. The smallest absolute Gasteiger partial charge is 0.249 e. The molecule has 0 aliphatic heterocycles. The highest BCUT2D eigenvalue weighted by molar-refractivity contribution is 6.33. The van der Waals surface area contributed by atoms with Gasteiger partial charge in [-0.05, 0) is 66.9 Å². The van der Waals surface area contributed by atoms with Gasteiger partial charge in [0.15, 0.2) is 0 Å². The molecule has 0 aliphatic rings. The lowest BCUT2D eigenvalue weighted by Crippen LogP contribution is -2.09. The molecule has 154 valence electrons. The van der Waals surface area contributed by atoms with E-state index in [1.54, 1.807) is 18.2 Å². The Balaban J connectivity index is 1.94. The fourth-order valence-corrected chi connectivity index (χ4v) is 3.17. The second-order valence-electron chi connectivity index (χ2n) is 6.44. The third kappa shape index (κ3) is 5.65. The fourth-order valence-electron chi connectivity index (χ4n) is 2.99. The Morgan fingerprint density at radius 2 is 1.33 bits per heavy atom. The van der Waals surface area contributed by atoms with E-state index < -0.39 is 0 Å². The number of halogens is 1. The number of carbonyl (C=O) groups is 1. The summed E-state index contributed by atoms with van der Waals surface area (Å²) in [5.41, 5.74) is 3.15. The molecule has 0 heterocycles. The third-order valence-electron chi connectivity index (χ3n) is 4.36. The largest absolute Gasteiger partial charge is 0.494 e. The first kappa shape index (κ1) is 21.5. The average molecular weight is 422 g/mol. The molecule has 4 nitrogen and oxygen atoms in total. The number of amides is 1. The highest BCUT2D eigenvalue weighted by atomic mass is 35.5. The van der Waals surface area contributed by atoms with E-state index in [9.17, 15) is 4.79 Å². The summed E-state index contributed by atoms with van der Waals surface area (Å²) in [7, 11) is 0. The predicted molar refractivity (Wildman–Crippen MR) is 122 cm³/mol. The van der Waals surface area contributed by atoms with Gasteiger partial charge in [0.05, 0.1) is 23.9 Å². The number of para-hydroxylation sites is 1. The predicted octanol–water partition coefficient (Wildman–Crippen LogP) is 6.21. The van der Waals surface area contributed by atoms with Gasteiger partial charge in [-0.15, -0.1) is 0 Å². The molecule has 3 aromatic carbocycles. The van der Waals surface area contributed by atoms with Gasteiger partial charge in [0, 0.05) is 6.08 Å². The summed E-state index contributed by atoms with van der Waals surface area (Å²) in [6.07, 6.45) is 1.58. The van der Waals surface area contributed by atoms with Gasteiger partial charge in [0.2, 0.25) is 5.91 Å². The summed E-state index contributed by atoms with van der Waals surface area (Å²) in [5.74, 6) is 1.31. The van der Waals surface area contributed by atoms with E-state index >= 15 is 0 Å². The number of ether oxygens (including phenoxy) is 2. The zero-order valence-corrected chi connectivity index (χ0v) is 17.8. The van der Waals surface area contributed by atoms with Crippen molar-refractivity contribution < 1.29 is 14.3 Å². The van der Waals surface area contributed by atoms with Crippen LogP contribution >= 0.6 is 11.6 Å². The summed E-state index contributed by atoms with van der Waals surface area (Å²) in [6, 6.07) is 22.5. The Bertz CT molecular complexity index is 960. The molecule has 0 bridgehead atoms. The van der Waals surface area contributed by atoms with Crippen molar-refractivity contribution in [2.45, 2.75) is 13.8 Å². The molecule has 1 amide bonds. The highest BCUT2D eigenvalue weighted by Crippen LogP contribution is 2.28. The summed E-state index contributed by atoms with van der Waals surface area (Å²) in [6.45, 7) is 5.08. The molecule has 5 heteroatoms. The quantitative estimate of drug-likeness (QED) is 0.440. The van der Waals surface area contributed by atoms with Crippen LogP contribution in [0.15, 0.2) is 78.9 Å². The summed E-state index contributed by atoms with van der Waals surface area (Å²) in [5, 5.41) is 3.34. The van der Waals surface area contributed by atoms with Crippen LogP contribution in [0.1, 0.15) is 25.0 Å². The van der Waals surface area contributed by atoms with Crippen LogP contribution in [0.2, 0.25) is 5.02 Å². The van der Waals surface area contributed by atoms with Crippen molar-refractivity contribution in [2.75, 3.05) is 18.5 Å². The standard InChI is InChI=1S/C25H24ClNO3/c1-3-29-20-13-9-18(10-14-20)22(19-11-15-21(16-12-19)30-4-2)17-25(28)27-24-8-6-5-7-23(24)26/h5-17H,3-4H2,1-2H3,(H,27,28). The van der Waals surface area contributed by atoms with E-state index in [2.05, 4.69) is 5.32 Å². The van der Waals surface area contributed by atoms with Crippen LogP contribution in [0.25, 0.3) is 5.57 Å². The SMILES string of the molecule is CCOc1ccc(C(=CC(=O)Nc2ccccc2Cl)c2ccc(OCC)cc2)cc1. The molecule has 0 saturated heterocycles. The second-order valence-corrected chi connectivity index (χ2v) is 6.85. The van der Waals surface area contributed by atoms with Crippen molar-refractivity contribution in [3.63, 3.8) is 0 Å². The minimum atomic E-state index is -0.263. The van der Waals surface area contributed by atoms with Gasteiger partial charge in [-0.2, -0.15) is 0 Å². The zero-order valence-electron chi connectivity index (χ0n) is 17.0. The van der Waals surface area contributed by atoms with Crippen molar-refractivity contribution in [1.82, 2.24) is 0 Å². The minimum Gasteiger partial charge on any atom is -0.494 e. The molecule has 0 saturated carbocycles. The maximum atomic E-state index is 12.8. The van der Waals surface area contributed by atoms with Gasteiger partial charge in [0.25, 0.3) is 0 Å². The van der Waals surface area contributed by atoms with Crippen molar-refractivity contribution in [3.8, 4) is 11.5 Å². The first-order chi connectivity index (χ1) is 14.6. The Hall–Kier alpha value is -3.24. The van der Waals surface area contributed by atoms with Crippen LogP contribution in [0.5, 0.6) is 11.5 Å². The Labute approximate surface area is 182 Å². The number of hydrogen-bond acceptors (Lipinski definition) is 3. The second kappa shape index (κ2) is 10.5.